The second kappa shape index (κ2) is 14.0. The van der Waals surface area contributed by atoms with Gasteiger partial charge in [0.25, 0.3) is 0 Å². The van der Waals surface area contributed by atoms with Gasteiger partial charge in [0.15, 0.2) is 11.6 Å². The minimum Gasteiger partial charge on any atom is -0.456 e. The summed E-state index contributed by atoms with van der Waals surface area (Å²) in [5.41, 5.74) is 13.2. The molecule has 0 fully saturated rings. The zero-order valence-electron chi connectivity index (χ0n) is 33.9. The molecular formula is C57H35N5O. The molecule has 0 atom stereocenters. The summed E-state index contributed by atoms with van der Waals surface area (Å²) in [5.74, 6) is 1.65. The number of benzene rings is 9. The largest absolute Gasteiger partial charge is 0.456 e. The van der Waals surface area contributed by atoms with Crippen molar-refractivity contribution in [2.45, 2.75) is 0 Å². The van der Waals surface area contributed by atoms with Crippen LogP contribution in [-0.2, 0) is 0 Å². The van der Waals surface area contributed by atoms with Gasteiger partial charge in [-0.15, -0.1) is 0 Å². The fourth-order valence-electron chi connectivity index (χ4n) is 9.49. The summed E-state index contributed by atoms with van der Waals surface area (Å²) in [6.07, 6.45) is 0. The van der Waals surface area contributed by atoms with Crippen molar-refractivity contribution in [1.29, 1.82) is 0 Å². The van der Waals surface area contributed by atoms with Gasteiger partial charge in [0.05, 0.1) is 22.1 Å². The lowest BCUT2D eigenvalue weighted by molar-refractivity contribution is 0.669. The van der Waals surface area contributed by atoms with Gasteiger partial charge in [-0.25, -0.2) is 4.98 Å². The van der Waals surface area contributed by atoms with Crippen LogP contribution in [0, 0.1) is 0 Å². The van der Waals surface area contributed by atoms with E-state index < -0.39 is 0 Å². The van der Waals surface area contributed by atoms with Gasteiger partial charge in [0.1, 0.15) is 11.2 Å². The SMILES string of the molecule is c1ccc(-c2cccc(-c3nc(-c4ccc5c(c4)oc4ccccc45)nc(-n4c5ccccc5c5ccc6c7ccccc7n(-c7cccc(-c8ccccc8)c7)c6c54)n3)c2)cc1. The summed E-state index contributed by atoms with van der Waals surface area (Å²) in [6.45, 7) is 0. The summed E-state index contributed by atoms with van der Waals surface area (Å²) in [5, 5.41) is 6.67. The van der Waals surface area contributed by atoms with E-state index in [0.717, 1.165) is 93.7 Å². The Morgan fingerprint density at radius 3 is 1.49 bits per heavy atom. The summed E-state index contributed by atoms with van der Waals surface area (Å²) in [7, 11) is 0. The summed E-state index contributed by atoms with van der Waals surface area (Å²) < 4.78 is 11.1. The zero-order valence-corrected chi connectivity index (χ0v) is 33.9. The first-order chi connectivity index (χ1) is 31.2. The highest BCUT2D eigenvalue weighted by molar-refractivity contribution is 6.23. The number of furan rings is 1. The lowest BCUT2D eigenvalue weighted by atomic mass is 10.0. The maximum atomic E-state index is 6.40. The Morgan fingerprint density at radius 1 is 0.302 bits per heavy atom. The Kier molecular flexibility index (Phi) is 7.80. The number of nitrogens with zero attached hydrogens (tertiary/aromatic N) is 5. The molecule has 0 radical (unpaired) electrons. The Labute approximate surface area is 361 Å². The number of hydrogen-bond donors (Lipinski definition) is 0. The molecular weight excluding hydrogens is 771 g/mol. The molecule has 0 aliphatic rings. The van der Waals surface area contributed by atoms with E-state index in [-0.39, 0.29) is 0 Å². The maximum Gasteiger partial charge on any atom is 0.238 e. The monoisotopic (exact) mass is 805 g/mol. The molecule has 63 heavy (non-hydrogen) atoms. The molecule has 0 N–H and O–H groups in total. The van der Waals surface area contributed by atoms with E-state index in [1.807, 2.05) is 24.3 Å². The minimum atomic E-state index is 0.526. The van der Waals surface area contributed by atoms with Gasteiger partial charge in [0.2, 0.25) is 5.95 Å². The summed E-state index contributed by atoms with van der Waals surface area (Å²) >= 11 is 0. The first-order valence-electron chi connectivity index (χ1n) is 21.2. The van der Waals surface area contributed by atoms with Gasteiger partial charge in [-0.05, 0) is 70.8 Å². The van der Waals surface area contributed by atoms with Crippen LogP contribution in [0.15, 0.2) is 217 Å². The average molecular weight is 806 g/mol. The van der Waals surface area contributed by atoms with Crippen molar-refractivity contribution in [2.24, 2.45) is 0 Å². The first-order valence-corrected chi connectivity index (χ1v) is 21.2. The lowest BCUT2D eigenvalue weighted by Gasteiger charge is -2.14. The van der Waals surface area contributed by atoms with Crippen molar-refractivity contribution in [2.75, 3.05) is 0 Å². The van der Waals surface area contributed by atoms with Gasteiger partial charge in [-0.2, -0.15) is 9.97 Å². The average Bonchev–Trinajstić information content (AvgIpc) is 4.02. The summed E-state index contributed by atoms with van der Waals surface area (Å²) in [6, 6.07) is 74.5. The molecule has 0 aliphatic carbocycles. The molecule has 9 aromatic carbocycles. The van der Waals surface area contributed by atoms with Crippen molar-refractivity contribution in [3.8, 4) is 56.7 Å². The van der Waals surface area contributed by atoms with Crippen LogP contribution in [0.3, 0.4) is 0 Å². The third-order valence-electron chi connectivity index (χ3n) is 12.4. The normalized spacial score (nSPS) is 11.8. The van der Waals surface area contributed by atoms with Crippen LogP contribution in [0.25, 0.3) is 122 Å². The second-order valence-corrected chi connectivity index (χ2v) is 16.0. The lowest BCUT2D eigenvalue weighted by Crippen LogP contribution is -2.07. The van der Waals surface area contributed by atoms with E-state index >= 15 is 0 Å². The van der Waals surface area contributed by atoms with E-state index in [1.165, 1.54) is 10.9 Å². The third kappa shape index (κ3) is 5.62. The highest BCUT2D eigenvalue weighted by atomic mass is 16.3. The number of hydrogen-bond acceptors (Lipinski definition) is 4. The third-order valence-corrected chi connectivity index (χ3v) is 12.4. The quantitative estimate of drug-likeness (QED) is 0.168. The van der Waals surface area contributed by atoms with Crippen LogP contribution in [0.1, 0.15) is 0 Å². The van der Waals surface area contributed by atoms with Crippen LogP contribution in [-0.4, -0.2) is 24.1 Å². The minimum absolute atomic E-state index is 0.526. The number of para-hydroxylation sites is 3. The fourth-order valence-corrected chi connectivity index (χ4v) is 9.49. The van der Waals surface area contributed by atoms with Gasteiger partial charge in [-0.1, -0.05) is 164 Å². The van der Waals surface area contributed by atoms with Gasteiger partial charge < -0.3 is 8.98 Å². The topological polar surface area (TPSA) is 61.7 Å². The molecule has 0 bridgehead atoms. The zero-order chi connectivity index (χ0) is 41.4. The molecule has 6 nitrogen and oxygen atoms in total. The Bertz CT molecular complexity index is 3920. The van der Waals surface area contributed by atoms with E-state index in [2.05, 4.69) is 197 Å². The van der Waals surface area contributed by atoms with E-state index in [0.29, 0.717) is 17.6 Å². The predicted molar refractivity (Wildman–Crippen MR) is 258 cm³/mol. The van der Waals surface area contributed by atoms with Crippen LogP contribution in [0.4, 0.5) is 0 Å². The molecule has 4 heterocycles. The predicted octanol–water partition coefficient (Wildman–Crippen LogP) is 14.6. The van der Waals surface area contributed by atoms with Crippen molar-refractivity contribution >= 4 is 65.6 Å². The molecule has 4 aromatic heterocycles. The van der Waals surface area contributed by atoms with Crippen molar-refractivity contribution < 1.29 is 4.42 Å². The highest BCUT2D eigenvalue weighted by Crippen LogP contribution is 2.42. The Balaban J connectivity index is 1.12. The molecule has 0 saturated carbocycles. The second-order valence-electron chi connectivity index (χ2n) is 16.0. The smallest absolute Gasteiger partial charge is 0.238 e. The molecule has 13 rings (SSSR count). The first kappa shape index (κ1) is 35.2. The highest BCUT2D eigenvalue weighted by Gasteiger charge is 2.24. The number of rotatable bonds is 6. The number of fused-ring (bicyclic) bond motifs is 10. The van der Waals surface area contributed by atoms with E-state index in [4.69, 9.17) is 19.4 Å². The Hall–Kier alpha value is -8.61. The molecule has 6 heteroatoms. The molecule has 0 aliphatic heterocycles. The van der Waals surface area contributed by atoms with Crippen molar-refractivity contribution in [3.05, 3.63) is 212 Å². The Morgan fingerprint density at radius 2 is 0.794 bits per heavy atom. The van der Waals surface area contributed by atoms with Crippen LogP contribution in [0.2, 0.25) is 0 Å². The van der Waals surface area contributed by atoms with Gasteiger partial charge in [-0.3, -0.25) is 4.57 Å². The van der Waals surface area contributed by atoms with Crippen molar-refractivity contribution in [3.63, 3.8) is 0 Å². The van der Waals surface area contributed by atoms with Crippen molar-refractivity contribution in [1.82, 2.24) is 24.1 Å². The van der Waals surface area contributed by atoms with E-state index in [1.54, 1.807) is 0 Å². The fraction of sp³-hybridized carbons (Fsp3) is 0. The van der Waals surface area contributed by atoms with Crippen LogP contribution >= 0.6 is 0 Å². The van der Waals surface area contributed by atoms with Crippen LogP contribution < -0.4 is 0 Å². The molecule has 0 spiro atoms. The van der Waals surface area contributed by atoms with E-state index in [9.17, 15) is 0 Å². The maximum absolute atomic E-state index is 6.40. The van der Waals surface area contributed by atoms with Gasteiger partial charge in [0, 0.05) is 49.1 Å². The molecule has 13 aromatic rings. The standard InChI is InChI=1S/C57H35N5O/c1-3-15-36(16-4-1)38-19-13-21-40(33-38)55-58-56(41-29-30-46-45-25-9-12-28-51(45)63-52(46)35-41)60-57(59-55)62-50-27-11-8-24-44(50)48-32-31-47-43-23-7-10-26-49(43)61(53(47)54(48)62)42-22-14-20-39(34-42)37-17-5-2-6-18-37/h1-35H. The number of aromatic nitrogens is 5. The van der Waals surface area contributed by atoms with Gasteiger partial charge >= 0.3 is 0 Å². The molecule has 294 valence electrons. The summed E-state index contributed by atoms with van der Waals surface area (Å²) in [4.78, 5) is 16.1. The molecule has 0 amide bonds. The molecule has 0 unspecified atom stereocenters. The van der Waals surface area contributed by atoms with Crippen LogP contribution in [0.5, 0.6) is 0 Å². The molecule has 0 saturated heterocycles.